The molecule has 2 aromatic rings. The van der Waals surface area contributed by atoms with Gasteiger partial charge >= 0.3 is 0 Å². The van der Waals surface area contributed by atoms with E-state index in [1.54, 1.807) is 22.6 Å². The molecule has 0 N–H and O–H groups in total. The van der Waals surface area contributed by atoms with Gasteiger partial charge in [0.05, 0.1) is 33.9 Å². The van der Waals surface area contributed by atoms with Gasteiger partial charge < -0.3 is 14.2 Å². The molecule has 30 heavy (non-hydrogen) atoms. The van der Waals surface area contributed by atoms with Crippen molar-refractivity contribution in [3.63, 3.8) is 0 Å². The first-order valence-corrected chi connectivity index (χ1v) is 11.3. The van der Waals surface area contributed by atoms with Crippen LogP contribution in [0.3, 0.4) is 0 Å². The van der Waals surface area contributed by atoms with Crippen LogP contribution in [0, 0.1) is 0 Å². The molecular weight excluding hydrogens is 418 g/mol. The second kappa shape index (κ2) is 8.17. The molecule has 2 unspecified atom stereocenters. The number of thioether (sulfide) groups is 1. The number of morpholine rings is 1. The number of anilines is 1. The van der Waals surface area contributed by atoms with Crippen LogP contribution in [0.25, 0.3) is 17.0 Å². The molecule has 158 valence electrons. The molecule has 2 fully saturated rings. The summed E-state index contributed by atoms with van der Waals surface area (Å²) in [7, 11) is 1.77. The molecule has 1 aromatic carbocycles. The quantitative estimate of drug-likeness (QED) is 0.536. The number of hydrogen-bond acceptors (Lipinski definition) is 6. The lowest BCUT2D eigenvalue weighted by molar-refractivity contribution is -0.121. The second-order valence-electron chi connectivity index (χ2n) is 7.73. The summed E-state index contributed by atoms with van der Waals surface area (Å²) >= 11 is 6.61. The van der Waals surface area contributed by atoms with E-state index in [1.165, 1.54) is 11.8 Å². The maximum atomic E-state index is 13.4. The number of thiocarbonyl (C=S) groups is 1. The summed E-state index contributed by atoms with van der Waals surface area (Å²) in [6, 6.07) is 7.89. The number of aromatic nitrogens is 1. The summed E-state index contributed by atoms with van der Waals surface area (Å²) in [4.78, 5) is 30.5. The molecule has 2 saturated heterocycles. The third-order valence-electron chi connectivity index (χ3n) is 5.51. The molecule has 0 spiro atoms. The summed E-state index contributed by atoms with van der Waals surface area (Å²) in [6.07, 6.45) is 1.81. The lowest BCUT2D eigenvalue weighted by atomic mass is 10.0. The number of hydrogen-bond donors (Lipinski definition) is 0. The number of fused-ring (bicyclic) bond motifs is 1. The highest BCUT2D eigenvalue weighted by atomic mass is 32.2. The SMILES string of the molecule is CCN1C(=O)C(=Cc2c(N3CC(C)OC(C)C3)c3ccccc3n(C)c2=O)SC1=S. The standard InChI is InChI=1S/C22H25N3O3S2/c1-5-25-21(27)18(30-22(25)29)10-16-19(24-11-13(2)28-14(3)12-24)15-8-6-7-9-17(15)23(4)20(16)26/h6-10,13-14H,5,11-12H2,1-4H3. The van der Waals surface area contributed by atoms with E-state index in [0.717, 1.165) is 16.6 Å². The van der Waals surface area contributed by atoms with Gasteiger partial charge in [0, 0.05) is 32.1 Å². The van der Waals surface area contributed by atoms with Gasteiger partial charge in [-0.05, 0) is 32.9 Å². The van der Waals surface area contributed by atoms with E-state index in [1.807, 2.05) is 45.0 Å². The van der Waals surface area contributed by atoms with E-state index in [-0.39, 0.29) is 23.7 Å². The normalized spacial score (nSPS) is 23.8. The maximum Gasteiger partial charge on any atom is 0.266 e. The van der Waals surface area contributed by atoms with E-state index in [4.69, 9.17) is 17.0 Å². The fourth-order valence-electron chi connectivity index (χ4n) is 4.24. The minimum Gasteiger partial charge on any atom is -0.372 e. The van der Waals surface area contributed by atoms with Crippen LogP contribution in [0.4, 0.5) is 5.69 Å². The van der Waals surface area contributed by atoms with Crippen LogP contribution in [0.15, 0.2) is 34.0 Å². The monoisotopic (exact) mass is 443 g/mol. The van der Waals surface area contributed by atoms with Crippen molar-refractivity contribution in [1.29, 1.82) is 0 Å². The molecule has 3 heterocycles. The van der Waals surface area contributed by atoms with Crippen LogP contribution in [-0.4, -0.2) is 51.5 Å². The zero-order valence-electron chi connectivity index (χ0n) is 17.5. The van der Waals surface area contributed by atoms with Crippen molar-refractivity contribution in [2.24, 2.45) is 7.05 Å². The molecule has 1 aromatic heterocycles. The second-order valence-corrected chi connectivity index (χ2v) is 9.41. The molecular formula is C22H25N3O3S2. The third-order valence-corrected chi connectivity index (χ3v) is 6.89. The lowest BCUT2D eigenvalue weighted by Gasteiger charge is -2.38. The van der Waals surface area contributed by atoms with Crippen molar-refractivity contribution in [3.05, 3.63) is 45.1 Å². The van der Waals surface area contributed by atoms with E-state index in [9.17, 15) is 9.59 Å². The van der Waals surface area contributed by atoms with E-state index < -0.39 is 0 Å². The van der Waals surface area contributed by atoms with E-state index in [2.05, 4.69) is 4.90 Å². The van der Waals surface area contributed by atoms with E-state index >= 15 is 0 Å². The molecule has 2 atom stereocenters. The number of rotatable bonds is 3. The first kappa shape index (κ1) is 21.1. The number of carbonyl (C=O) groups excluding carboxylic acids is 1. The van der Waals surface area contributed by atoms with Crippen molar-refractivity contribution in [3.8, 4) is 0 Å². The summed E-state index contributed by atoms with van der Waals surface area (Å²) in [5.74, 6) is -0.141. The van der Waals surface area contributed by atoms with Gasteiger partial charge in [-0.2, -0.15) is 0 Å². The molecule has 4 rings (SSSR count). The van der Waals surface area contributed by atoms with Gasteiger partial charge in [0.15, 0.2) is 0 Å². The van der Waals surface area contributed by atoms with Crippen molar-refractivity contribution in [2.75, 3.05) is 24.5 Å². The highest BCUT2D eigenvalue weighted by Gasteiger charge is 2.32. The molecule has 6 nitrogen and oxygen atoms in total. The first-order chi connectivity index (χ1) is 14.3. The van der Waals surface area contributed by atoms with Crippen LogP contribution >= 0.6 is 24.0 Å². The minimum atomic E-state index is -0.141. The van der Waals surface area contributed by atoms with E-state index in [0.29, 0.717) is 34.4 Å². The largest absolute Gasteiger partial charge is 0.372 e. The zero-order valence-corrected chi connectivity index (χ0v) is 19.2. The van der Waals surface area contributed by atoms with Gasteiger partial charge in [0.2, 0.25) is 0 Å². The number of nitrogens with zero attached hydrogens (tertiary/aromatic N) is 3. The zero-order chi connectivity index (χ0) is 21.6. The summed E-state index contributed by atoms with van der Waals surface area (Å²) in [6.45, 7) is 7.85. The molecule has 0 radical (unpaired) electrons. The number of para-hydroxylation sites is 1. The Labute approximate surface area is 185 Å². The maximum absolute atomic E-state index is 13.4. The van der Waals surface area contributed by atoms with Gasteiger partial charge in [-0.15, -0.1) is 0 Å². The highest BCUT2D eigenvalue weighted by Crippen LogP contribution is 2.36. The summed E-state index contributed by atoms with van der Waals surface area (Å²) in [5, 5.41) is 0.984. The molecule has 8 heteroatoms. The Morgan fingerprint density at radius 1 is 1.20 bits per heavy atom. The van der Waals surface area contributed by atoms with Crippen LogP contribution in [0.1, 0.15) is 26.3 Å². The van der Waals surface area contributed by atoms with Gasteiger partial charge in [-0.3, -0.25) is 14.5 Å². The van der Waals surface area contributed by atoms with Crippen LogP contribution in [-0.2, 0) is 16.6 Å². The first-order valence-electron chi connectivity index (χ1n) is 10.1. The molecule has 0 saturated carbocycles. The predicted molar refractivity (Wildman–Crippen MR) is 127 cm³/mol. The Morgan fingerprint density at radius 2 is 1.87 bits per heavy atom. The van der Waals surface area contributed by atoms with Gasteiger partial charge in [0.1, 0.15) is 4.32 Å². The Bertz CT molecular complexity index is 1110. The average Bonchev–Trinajstić information content (AvgIpc) is 2.97. The number of ether oxygens (including phenoxy) is 1. The van der Waals surface area contributed by atoms with Crippen LogP contribution < -0.4 is 10.5 Å². The number of aryl methyl sites for hydroxylation is 1. The Morgan fingerprint density at radius 3 is 2.50 bits per heavy atom. The van der Waals surface area contributed by atoms with Crippen molar-refractivity contribution >= 4 is 56.9 Å². The van der Waals surface area contributed by atoms with Gasteiger partial charge in [-0.25, -0.2) is 0 Å². The fraction of sp³-hybridized carbons (Fsp3) is 0.409. The summed E-state index contributed by atoms with van der Waals surface area (Å²) < 4.78 is 8.10. The Hall–Kier alpha value is -2.16. The number of benzene rings is 1. The number of likely N-dealkylation sites (N-methyl/N-ethyl adjacent to an activating group) is 1. The molecule has 0 aliphatic carbocycles. The van der Waals surface area contributed by atoms with Gasteiger partial charge in [0.25, 0.3) is 11.5 Å². The fourth-order valence-corrected chi connectivity index (χ4v) is 5.60. The molecule has 2 aliphatic rings. The topological polar surface area (TPSA) is 54.8 Å². The van der Waals surface area contributed by atoms with Crippen molar-refractivity contribution < 1.29 is 9.53 Å². The predicted octanol–water partition coefficient (Wildman–Crippen LogP) is 3.37. The number of amides is 1. The third kappa shape index (κ3) is 3.57. The molecule has 1 amide bonds. The number of pyridine rings is 1. The highest BCUT2D eigenvalue weighted by molar-refractivity contribution is 8.26. The van der Waals surface area contributed by atoms with Crippen molar-refractivity contribution in [2.45, 2.75) is 33.0 Å². The average molecular weight is 444 g/mol. The Kier molecular flexibility index (Phi) is 5.74. The Balaban J connectivity index is 1.96. The van der Waals surface area contributed by atoms with Crippen LogP contribution in [0.2, 0.25) is 0 Å². The van der Waals surface area contributed by atoms with Gasteiger partial charge in [-0.1, -0.05) is 42.2 Å². The van der Waals surface area contributed by atoms with Crippen LogP contribution in [0.5, 0.6) is 0 Å². The molecule has 2 aliphatic heterocycles. The minimum absolute atomic E-state index is 0.0442. The number of carbonyl (C=O) groups is 1. The summed E-state index contributed by atoms with van der Waals surface area (Å²) in [5.41, 5.74) is 2.12. The molecule has 0 bridgehead atoms. The van der Waals surface area contributed by atoms with Crippen molar-refractivity contribution in [1.82, 2.24) is 9.47 Å². The smallest absolute Gasteiger partial charge is 0.266 e. The lowest BCUT2D eigenvalue weighted by Crippen LogP contribution is -2.46.